The zero-order chi connectivity index (χ0) is 21.5. The van der Waals surface area contributed by atoms with Crippen LogP contribution in [-0.2, 0) is 0 Å². The van der Waals surface area contributed by atoms with Gasteiger partial charge in [-0.1, -0.05) is 11.6 Å². The largest absolute Gasteiger partial charge is 0.383 e. The van der Waals surface area contributed by atoms with Crippen LogP contribution in [0.1, 0.15) is 24.5 Å². The predicted molar refractivity (Wildman–Crippen MR) is 138 cm³/mol. The molecule has 1 saturated heterocycles. The molecule has 0 saturated carbocycles. The molecule has 4 heterocycles. The Morgan fingerprint density at radius 3 is 2.35 bits per heavy atom. The molecule has 0 spiro atoms. The van der Waals surface area contributed by atoms with E-state index in [0.717, 1.165) is 48.8 Å². The quantitative estimate of drug-likeness (QED) is 0.275. The highest BCUT2D eigenvalue weighted by Gasteiger charge is 2.22. The summed E-state index contributed by atoms with van der Waals surface area (Å²) in [6.45, 7) is 1.92. The summed E-state index contributed by atoms with van der Waals surface area (Å²) < 4.78 is 28.1. The Hall–Kier alpha value is -2.23. The summed E-state index contributed by atoms with van der Waals surface area (Å²) in [5, 5.41) is 11.0. The van der Waals surface area contributed by atoms with Gasteiger partial charge >= 0.3 is 0 Å². The Balaban J connectivity index is 0.00000136. The number of hydrogen-bond donors (Lipinski definition) is 3. The van der Waals surface area contributed by atoms with Crippen LogP contribution < -0.4 is 11.1 Å². The Kier molecular flexibility index (Phi) is 9.45. The minimum absolute atomic E-state index is 0. The molecule has 3 aromatic heterocycles. The molecule has 1 aliphatic heterocycles. The Bertz CT molecular complexity index is 1290. The first kappa shape index (κ1) is 28.0. The number of piperidine rings is 1. The van der Waals surface area contributed by atoms with Gasteiger partial charge in [-0.05, 0) is 38.1 Å². The van der Waals surface area contributed by atoms with Crippen LogP contribution in [0.3, 0.4) is 0 Å². The molecule has 6 nitrogen and oxygen atoms in total. The summed E-state index contributed by atoms with van der Waals surface area (Å²) in [5.41, 5.74) is 9.98. The van der Waals surface area contributed by atoms with Crippen molar-refractivity contribution in [1.82, 2.24) is 25.5 Å². The van der Waals surface area contributed by atoms with E-state index in [1.54, 1.807) is 12.4 Å². The van der Waals surface area contributed by atoms with E-state index in [-0.39, 0.29) is 58.8 Å². The van der Waals surface area contributed by atoms with Crippen molar-refractivity contribution in [3.63, 3.8) is 0 Å². The van der Waals surface area contributed by atoms with Gasteiger partial charge < -0.3 is 11.1 Å². The molecule has 4 aromatic rings. The van der Waals surface area contributed by atoms with Gasteiger partial charge in [0.05, 0.1) is 16.9 Å². The smallest absolute Gasteiger partial charge is 0.145 e. The number of fused-ring (bicyclic) bond motifs is 1. The van der Waals surface area contributed by atoms with Crippen LogP contribution in [0.5, 0.6) is 0 Å². The van der Waals surface area contributed by atoms with Crippen LogP contribution in [0.2, 0.25) is 5.02 Å². The van der Waals surface area contributed by atoms with Crippen molar-refractivity contribution in [3.05, 3.63) is 59.1 Å². The molecule has 34 heavy (non-hydrogen) atoms. The standard InChI is InChI=1S/C22H19ClF2N6.3ClH/c23-20-13-6-19(28-9-16(13)17(24)7-18(20)25)14-5-12(8-29-22(14)26)15-10-30-31-21(15)11-1-3-27-4-2-11;;;/h5-11,27H,1-4H2,(H2,26,29)(H,30,31);3*1H. The molecule has 0 unspecified atom stereocenters. The number of rotatable bonds is 3. The fourth-order valence-corrected chi connectivity index (χ4v) is 4.34. The second kappa shape index (κ2) is 11.5. The molecule has 0 aliphatic carbocycles. The number of aromatic amines is 1. The van der Waals surface area contributed by atoms with Crippen molar-refractivity contribution in [3.8, 4) is 22.4 Å². The molecule has 12 heteroatoms. The third kappa shape index (κ3) is 5.06. The van der Waals surface area contributed by atoms with Crippen LogP contribution in [-0.4, -0.2) is 33.3 Å². The molecule has 0 amide bonds. The molecule has 0 bridgehead atoms. The summed E-state index contributed by atoms with van der Waals surface area (Å²) >= 11 is 6.08. The number of hydrogen-bond acceptors (Lipinski definition) is 5. The van der Waals surface area contributed by atoms with E-state index in [2.05, 4.69) is 25.5 Å². The highest BCUT2D eigenvalue weighted by atomic mass is 35.5. The second-order valence-corrected chi connectivity index (χ2v) is 8.03. The summed E-state index contributed by atoms with van der Waals surface area (Å²) in [6.07, 6.45) is 6.85. The highest BCUT2D eigenvalue weighted by molar-refractivity contribution is 6.35. The Morgan fingerprint density at radius 1 is 0.882 bits per heavy atom. The van der Waals surface area contributed by atoms with Crippen LogP contribution in [0, 0.1) is 11.6 Å². The predicted octanol–water partition coefficient (Wildman–Crippen LogP) is 5.93. The summed E-state index contributed by atoms with van der Waals surface area (Å²) in [7, 11) is 0. The number of nitrogens with two attached hydrogens (primary N) is 1. The van der Waals surface area contributed by atoms with Crippen molar-refractivity contribution in [2.75, 3.05) is 18.8 Å². The van der Waals surface area contributed by atoms with Gasteiger partial charge in [0, 0.05) is 57.5 Å². The first-order valence-corrected chi connectivity index (χ1v) is 10.3. The Morgan fingerprint density at radius 2 is 1.62 bits per heavy atom. The molecule has 4 N–H and O–H groups in total. The van der Waals surface area contributed by atoms with Gasteiger partial charge in [0.15, 0.2) is 0 Å². The van der Waals surface area contributed by atoms with Crippen molar-refractivity contribution in [2.24, 2.45) is 0 Å². The lowest BCUT2D eigenvalue weighted by Gasteiger charge is -2.22. The van der Waals surface area contributed by atoms with Gasteiger partial charge in [0.25, 0.3) is 0 Å². The van der Waals surface area contributed by atoms with Gasteiger partial charge in [0.2, 0.25) is 0 Å². The van der Waals surface area contributed by atoms with Crippen molar-refractivity contribution < 1.29 is 8.78 Å². The molecular weight excluding hydrogens is 528 g/mol. The summed E-state index contributed by atoms with van der Waals surface area (Å²) in [5.74, 6) is -0.909. The fraction of sp³-hybridized carbons (Fsp3) is 0.227. The van der Waals surface area contributed by atoms with E-state index in [9.17, 15) is 8.78 Å². The average molecular weight is 550 g/mol. The summed E-state index contributed by atoms with van der Waals surface area (Å²) in [4.78, 5) is 8.67. The minimum atomic E-state index is -0.825. The lowest BCUT2D eigenvalue weighted by molar-refractivity contribution is 0.453. The van der Waals surface area contributed by atoms with Gasteiger partial charge in [-0.3, -0.25) is 10.1 Å². The van der Waals surface area contributed by atoms with Crippen molar-refractivity contribution >= 4 is 65.4 Å². The average Bonchev–Trinajstić information content (AvgIpc) is 3.28. The molecular formula is C22H22Cl4F2N6. The minimum Gasteiger partial charge on any atom is -0.383 e. The number of H-pyrrole nitrogens is 1. The molecule has 0 atom stereocenters. The molecule has 0 radical (unpaired) electrons. The Labute approximate surface area is 218 Å². The number of nitrogen functional groups attached to an aromatic ring is 1. The zero-order valence-corrected chi connectivity index (χ0v) is 20.9. The number of anilines is 1. The van der Waals surface area contributed by atoms with Crippen LogP contribution in [0.15, 0.2) is 36.8 Å². The number of benzene rings is 1. The van der Waals surface area contributed by atoms with Gasteiger partial charge in [0.1, 0.15) is 17.5 Å². The van der Waals surface area contributed by atoms with E-state index in [1.807, 2.05) is 6.07 Å². The van der Waals surface area contributed by atoms with Crippen molar-refractivity contribution in [2.45, 2.75) is 18.8 Å². The second-order valence-electron chi connectivity index (χ2n) is 7.65. The lowest BCUT2D eigenvalue weighted by Crippen LogP contribution is -2.27. The third-order valence-electron chi connectivity index (χ3n) is 5.78. The maximum Gasteiger partial charge on any atom is 0.145 e. The number of halogens is 6. The molecule has 1 aromatic carbocycles. The van der Waals surface area contributed by atoms with E-state index in [1.165, 1.54) is 12.3 Å². The molecule has 182 valence electrons. The summed E-state index contributed by atoms with van der Waals surface area (Å²) in [6, 6.07) is 4.16. The number of aromatic nitrogens is 4. The topological polar surface area (TPSA) is 92.5 Å². The number of pyridine rings is 2. The highest BCUT2D eigenvalue weighted by Crippen LogP contribution is 2.36. The monoisotopic (exact) mass is 548 g/mol. The normalized spacial score (nSPS) is 13.6. The van der Waals surface area contributed by atoms with E-state index >= 15 is 0 Å². The van der Waals surface area contributed by atoms with Gasteiger partial charge in [-0.25, -0.2) is 13.8 Å². The van der Waals surface area contributed by atoms with Crippen LogP contribution >= 0.6 is 48.8 Å². The maximum absolute atomic E-state index is 14.1. The van der Waals surface area contributed by atoms with Crippen molar-refractivity contribution in [1.29, 1.82) is 0 Å². The lowest BCUT2D eigenvalue weighted by atomic mass is 9.90. The van der Waals surface area contributed by atoms with Gasteiger partial charge in [-0.15, -0.1) is 37.2 Å². The van der Waals surface area contributed by atoms with Gasteiger partial charge in [-0.2, -0.15) is 5.10 Å². The van der Waals surface area contributed by atoms with E-state index in [4.69, 9.17) is 17.3 Å². The van der Waals surface area contributed by atoms with Crippen LogP contribution in [0.25, 0.3) is 33.2 Å². The number of nitrogens with zero attached hydrogens (tertiary/aromatic N) is 3. The molecule has 1 fully saturated rings. The first-order valence-electron chi connectivity index (χ1n) is 9.96. The van der Waals surface area contributed by atoms with E-state index < -0.39 is 11.6 Å². The third-order valence-corrected chi connectivity index (χ3v) is 6.17. The van der Waals surface area contributed by atoms with E-state index in [0.29, 0.717) is 17.2 Å². The fourth-order valence-electron chi connectivity index (χ4n) is 4.13. The van der Waals surface area contributed by atoms with Crippen LogP contribution in [0.4, 0.5) is 14.6 Å². The zero-order valence-electron chi connectivity index (χ0n) is 17.6. The first-order chi connectivity index (χ1) is 15.0. The molecule has 1 aliphatic rings. The molecule has 5 rings (SSSR count). The SMILES string of the molecule is Cl.Cl.Cl.Nc1ncc(-c2cn[nH]c2C2CCNCC2)cc1-c1cc2c(Cl)c(F)cc(F)c2cn1. The maximum atomic E-state index is 14.1. The number of nitrogens with one attached hydrogen (secondary N) is 2.